The zero-order chi connectivity index (χ0) is 22.9. The van der Waals surface area contributed by atoms with E-state index in [2.05, 4.69) is 15.1 Å². The summed E-state index contributed by atoms with van der Waals surface area (Å²) in [6.07, 6.45) is 5.07. The molecule has 1 amide bonds. The average molecular weight is 442 g/mol. The Bertz CT molecular complexity index is 928. The van der Waals surface area contributed by atoms with Gasteiger partial charge in [-0.1, -0.05) is 31.4 Å². The number of rotatable bonds is 10. The van der Waals surface area contributed by atoms with E-state index in [4.69, 9.17) is 10.8 Å². The third kappa shape index (κ3) is 6.32. The van der Waals surface area contributed by atoms with Crippen LogP contribution in [0.1, 0.15) is 44.9 Å². The number of carboxylic acids is 1. The van der Waals surface area contributed by atoms with Crippen molar-refractivity contribution in [1.29, 1.82) is 0 Å². The molecule has 1 aromatic heterocycles. The first-order valence-corrected chi connectivity index (χ1v) is 11.1. The van der Waals surface area contributed by atoms with Gasteiger partial charge in [0, 0.05) is 44.6 Å². The van der Waals surface area contributed by atoms with Crippen molar-refractivity contribution in [3.63, 3.8) is 0 Å². The number of aromatic hydroxyl groups is 1. The number of unbranched alkanes of at least 4 members (excludes halogenated alkanes) is 4. The Hall–Kier alpha value is -3.36. The lowest BCUT2D eigenvalue weighted by Gasteiger charge is -2.36. The number of nitrogens with zero attached hydrogens (tertiary/aromatic N) is 4. The number of nitrogen functional groups attached to an aromatic ring is 1. The highest BCUT2D eigenvalue weighted by atomic mass is 16.4. The van der Waals surface area contributed by atoms with Gasteiger partial charge < -0.3 is 25.7 Å². The molecule has 0 saturated carbocycles. The van der Waals surface area contributed by atoms with E-state index in [-0.39, 0.29) is 18.1 Å². The molecular formula is C23H31N5O4. The van der Waals surface area contributed by atoms with E-state index < -0.39 is 5.97 Å². The summed E-state index contributed by atoms with van der Waals surface area (Å²) in [5.41, 5.74) is 7.97. The minimum absolute atomic E-state index is 0.134. The van der Waals surface area contributed by atoms with Crippen molar-refractivity contribution in [2.75, 3.05) is 36.8 Å². The Balaban J connectivity index is 1.47. The van der Waals surface area contributed by atoms with Crippen LogP contribution in [0.4, 0.5) is 11.5 Å². The largest absolute Gasteiger partial charge is 0.507 e. The van der Waals surface area contributed by atoms with E-state index in [1.54, 1.807) is 18.2 Å². The molecule has 1 saturated heterocycles. The van der Waals surface area contributed by atoms with Crippen LogP contribution in [0.3, 0.4) is 0 Å². The molecule has 0 bridgehead atoms. The van der Waals surface area contributed by atoms with E-state index in [0.717, 1.165) is 31.4 Å². The zero-order valence-electron chi connectivity index (χ0n) is 18.2. The first-order valence-electron chi connectivity index (χ1n) is 11.1. The Morgan fingerprint density at radius 2 is 1.59 bits per heavy atom. The van der Waals surface area contributed by atoms with Gasteiger partial charge in [0.1, 0.15) is 5.75 Å². The number of carboxylic acid groups (broad SMARTS) is 1. The van der Waals surface area contributed by atoms with Crippen molar-refractivity contribution in [2.24, 2.45) is 0 Å². The molecule has 4 N–H and O–H groups in total. The number of benzene rings is 1. The summed E-state index contributed by atoms with van der Waals surface area (Å²) in [6, 6.07) is 8.79. The maximum absolute atomic E-state index is 12.5. The standard InChI is InChI=1S/C23H31N5O4/c24-23-19(16-18(25-26-23)17-8-6-7-9-20(17)29)27-12-14-28(15-13-27)21(30)10-4-2-1-3-5-11-22(31)32/h6-9,16,29H,1-5,10-15H2,(H2,24,26)(H,31,32). The van der Waals surface area contributed by atoms with Crippen molar-refractivity contribution in [1.82, 2.24) is 15.1 Å². The lowest BCUT2D eigenvalue weighted by Crippen LogP contribution is -2.49. The molecule has 2 aromatic rings. The summed E-state index contributed by atoms with van der Waals surface area (Å²) in [6.45, 7) is 2.53. The van der Waals surface area contributed by atoms with Crippen LogP contribution in [0, 0.1) is 0 Å². The molecule has 3 rings (SSSR count). The molecular weight excluding hydrogens is 410 g/mol. The summed E-state index contributed by atoms with van der Waals surface area (Å²) in [4.78, 5) is 27.0. The van der Waals surface area contributed by atoms with E-state index >= 15 is 0 Å². The number of phenolic OH excluding ortho intramolecular Hbond substituents is 1. The van der Waals surface area contributed by atoms with Crippen molar-refractivity contribution < 1.29 is 19.8 Å². The Morgan fingerprint density at radius 3 is 2.28 bits per heavy atom. The quantitative estimate of drug-likeness (QED) is 0.479. The van der Waals surface area contributed by atoms with Crippen molar-refractivity contribution in [3.8, 4) is 17.0 Å². The predicted molar refractivity (Wildman–Crippen MR) is 122 cm³/mol. The number of hydrogen-bond donors (Lipinski definition) is 3. The average Bonchev–Trinajstić information content (AvgIpc) is 2.79. The lowest BCUT2D eigenvalue weighted by molar-refractivity contribution is -0.137. The smallest absolute Gasteiger partial charge is 0.303 e. The molecule has 0 spiro atoms. The number of carbonyl (C=O) groups is 2. The van der Waals surface area contributed by atoms with E-state index in [9.17, 15) is 14.7 Å². The maximum atomic E-state index is 12.5. The Kier molecular flexibility index (Phi) is 8.24. The predicted octanol–water partition coefficient (Wildman–Crippen LogP) is 2.90. The first kappa shape index (κ1) is 23.3. The number of amides is 1. The minimum atomic E-state index is -0.752. The van der Waals surface area contributed by atoms with Gasteiger partial charge in [0.05, 0.1) is 11.4 Å². The van der Waals surface area contributed by atoms with Crippen molar-refractivity contribution in [3.05, 3.63) is 30.3 Å². The fraction of sp³-hybridized carbons (Fsp3) is 0.478. The second-order valence-electron chi connectivity index (χ2n) is 8.05. The van der Waals surface area contributed by atoms with Gasteiger partial charge in [-0.15, -0.1) is 10.2 Å². The fourth-order valence-corrected chi connectivity index (χ4v) is 3.90. The van der Waals surface area contributed by atoms with Crippen LogP contribution in [0.5, 0.6) is 5.75 Å². The summed E-state index contributed by atoms with van der Waals surface area (Å²) in [5, 5.41) is 26.9. The second-order valence-corrected chi connectivity index (χ2v) is 8.05. The molecule has 32 heavy (non-hydrogen) atoms. The molecule has 1 aliphatic rings. The first-order chi connectivity index (χ1) is 15.5. The Labute approximate surface area is 187 Å². The van der Waals surface area contributed by atoms with E-state index in [1.807, 2.05) is 17.0 Å². The molecule has 1 aromatic carbocycles. The minimum Gasteiger partial charge on any atom is -0.507 e. The van der Waals surface area contributed by atoms with E-state index in [0.29, 0.717) is 56.1 Å². The van der Waals surface area contributed by atoms with Gasteiger partial charge in [0.15, 0.2) is 5.82 Å². The number of hydrogen-bond acceptors (Lipinski definition) is 7. The van der Waals surface area contributed by atoms with Gasteiger partial charge in [-0.05, 0) is 31.0 Å². The van der Waals surface area contributed by atoms with Crippen LogP contribution in [0.2, 0.25) is 0 Å². The molecule has 9 nitrogen and oxygen atoms in total. The number of aliphatic carboxylic acids is 1. The SMILES string of the molecule is Nc1nnc(-c2ccccc2O)cc1N1CCN(C(=O)CCCCCCCC(=O)O)CC1. The van der Waals surface area contributed by atoms with Crippen LogP contribution in [0.15, 0.2) is 30.3 Å². The lowest BCUT2D eigenvalue weighted by atomic mass is 10.1. The van der Waals surface area contributed by atoms with Gasteiger partial charge in [-0.25, -0.2) is 0 Å². The van der Waals surface area contributed by atoms with Gasteiger partial charge in [-0.3, -0.25) is 9.59 Å². The summed E-state index contributed by atoms with van der Waals surface area (Å²) < 4.78 is 0. The molecule has 0 aliphatic carbocycles. The summed E-state index contributed by atoms with van der Waals surface area (Å²) >= 11 is 0. The number of phenols is 1. The van der Waals surface area contributed by atoms with Gasteiger partial charge in [0.25, 0.3) is 0 Å². The molecule has 172 valence electrons. The number of anilines is 2. The molecule has 1 fully saturated rings. The molecule has 0 atom stereocenters. The van der Waals surface area contributed by atoms with Gasteiger partial charge in [-0.2, -0.15) is 0 Å². The zero-order valence-corrected chi connectivity index (χ0v) is 18.2. The number of aromatic nitrogens is 2. The number of piperazine rings is 1. The highest BCUT2D eigenvalue weighted by molar-refractivity contribution is 5.77. The van der Waals surface area contributed by atoms with Gasteiger partial charge in [0.2, 0.25) is 5.91 Å². The molecule has 2 heterocycles. The summed E-state index contributed by atoms with van der Waals surface area (Å²) in [5.74, 6) is -0.134. The van der Waals surface area contributed by atoms with Gasteiger partial charge >= 0.3 is 5.97 Å². The third-order valence-electron chi connectivity index (χ3n) is 5.74. The Morgan fingerprint density at radius 1 is 0.938 bits per heavy atom. The number of carbonyl (C=O) groups excluding carboxylic acids is 1. The van der Waals surface area contributed by atoms with Crippen molar-refractivity contribution >= 4 is 23.4 Å². The van der Waals surface area contributed by atoms with Crippen LogP contribution in [-0.4, -0.2) is 63.4 Å². The van der Waals surface area contributed by atoms with Crippen LogP contribution in [-0.2, 0) is 9.59 Å². The van der Waals surface area contributed by atoms with Crippen LogP contribution < -0.4 is 10.6 Å². The molecule has 0 unspecified atom stereocenters. The maximum Gasteiger partial charge on any atom is 0.303 e. The highest BCUT2D eigenvalue weighted by Gasteiger charge is 2.23. The second kappa shape index (κ2) is 11.3. The highest BCUT2D eigenvalue weighted by Crippen LogP contribution is 2.31. The number of para-hydroxylation sites is 1. The van der Waals surface area contributed by atoms with Crippen molar-refractivity contribution in [2.45, 2.75) is 44.9 Å². The molecule has 9 heteroatoms. The summed E-state index contributed by atoms with van der Waals surface area (Å²) in [7, 11) is 0. The van der Waals surface area contributed by atoms with Crippen LogP contribution >= 0.6 is 0 Å². The fourth-order valence-electron chi connectivity index (χ4n) is 3.90. The monoisotopic (exact) mass is 441 g/mol. The topological polar surface area (TPSA) is 133 Å². The number of nitrogens with two attached hydrogens (primary N) is 1. The molecule has 0 radical (unpaired) electrons. The van der Waals surface area contributed by atoms with Crippen LogP contribution in [0.25, 0.3) is 11.3 Å². The normalized spacial score (nSPS) is 13.9. The molecule has 1 aliphatic heterocycles. The third-order valence-corrected chi connectivity index (χ3v) is 5.74. The van der Waals surface area contributed by atoms with E-state index in [1.165, 1.54) is 0 Å².